The lowest BCUT2D eigenvalue weighted by atomic mass is 10.2. The van der Waals surface area contributed by atoms with Gasteiger partial charge in [0.25, 0.3) is 5.91 Å². The van der Waals surface area contributed by atoms with Gasteiger partial charge < -0.3 is 10.6 Å². The third kappa shape index (κ3) is 3.85. The molecule has 2 aromatic carbocycles. The van der Waals surface area contributed by atoms with Gasteiger partial charge in [-0.25, -0.2) is 4.98 Å². The Morgan fingerprint density at radius 1 is 1.09 bits per heavy atom. The molecule has 0 aliphatic carbocycles. The van der Waals surface area contributed by atoms with Gasteiger partial charge in [0.1, 0.15) is 0 Å². The van der Waals surface area contributed by atoms with Crippen LogP contribution in [0, 0.1) is 3.57 Å². The Morgan fingerprint density at radius 2 is 1.83 bits per heavy atom. The summed E-state index contributed by atoms with van der Waals surface area (Å²) in [5.74, 6) is -0.316. The molecule has 0 fully saturated rings. The summed E-state index contributed by atoms with van der Waals surface area (Å²) in [4.78, 5) is 27.6. The molecule has 0 aliphatic rings. The van der Waals surface area contributed by atoms with E-state index < -0.39 is 0 Å². The number of carbonyl (C=O) groups excluding carboxylic acids is 2. The van der Waals surface area contributed by atoms with Crippen LogP contribution in [0.1, 0.15) is 17.3 Å². The molecule has 0 radical (unpaired) electrons. The van der Waals surface area contributed by atoms with Gasteiger partial charge in [0.05, 0.1) is 10.2 Å². The fourth-order valence-corrected chi connectivity index (χ4v) is 3.32. The van der Waals surface area contributed by atoms with Crippen LogP contribution in [0.25, 0.3) is 10.2 Å². The number of anilines is 2. The summed E-state index contributed by atoms with van der Waals surface area (Å²) < 4.78 is 1.98. The van der Waals surface area contributed by atoms with Crippen molar-refractivity contribution in [1.82, 2.24) is 4.98 Å². The Kier molecular flexibility index (Phi) is 4.58. The predicted molar refractivity (Wildman–Crippen MR) is 101 cm³/mol. The number of rotatable bonds is 3. The molecule has 3 rings (SSSR count). The molecule has 0 atom stereocenters. The van der Waals surface area contributed by atoms with E-state index in [-0.39, 0.29) is 11.8 Å². The van der Waals surface area contributed by atoms with Crippen molar-refractivity contribution in [2.75, 3.05) is 10.6 Å². The highest BCUT2D eigenvalue weighted by Gasteiger charge is 2.09. The van der Waals surface area contributed by atoms with Crippen molar-refractivity contribution in [3.63, 3.8) is 0 Å². The lowest BCUT2D eigenvalue weighted by Crippen LogP contribution is -2.11. The minimum atomic E-state index is -0.160. The maximum absolute atomic E-state index is 12.2. The minimum Gasteiger partial charge on any atom is -0.322 e. The quantitative estimate of drug-likeness (QED) is 0.606. The van der Waals surface area contributed by atoms with E-state index in [1.165, 1.54) is 18.3 Å². The standard InChI is InChI=1S/C16H12IN3O2S/c1-9(21)18-16-20-13-7-6-12(8-14(13)23-16)19-15(22)10-2-4-11(17)5-3-10/h2-8H,1H3,(H,19,22)(H,18,20,21). The van der Waals surface area contributed by atoms with Crippen LogP contribution >= 0.6 is 33.9 Å². The highest BCUT2D eigenvalue weighted by molar-refractivity contribution is 14.1. The van der Waals surface area contributed by atoms with E-state index in [0.717, 1.165) is 13.8 Å². The van der Waals surface area contributed by atoms with Gasteiger partial charge in [-0.2, -0.15) is 0 Å². The number of fused-ring (bicyclic) bond motifs is 1. The smallest absolute Gasteiger partial charge is 0.255 e. The predicted octanol–water partition coefficient (Wildman–Crippen LogP) is 4.11. The van der Waals surface area contributed by atoms with Crippen molar-refractivity contribution in [2.45, 2.75) is 6.92 Å². The van der Waals surface area contributed by atoms with Gasteiger partial charge in [0.2, 0.25) is 5.91 Å². The first-order valence-electron chi connectivity index (χ1n) is 6.76. The molecule has 0 spiro atoms. The van der Waals surface area contributed by atoms with E-state index in [4.69, 9.17) is 0 Å². The number of hydrogen-bond acceptors (Lipinski definition) is 4. The van der Waals surface area contributed by atoms with Gasteiger partial charge in [-0.15, -0.1) is 0 Å². The highest BCUT2D eigenvalue weighted by Crippen LogP contribution is 2.28. The minimum absolute atomic E-state index is 0.156. The molecule has 0 aliphatic heterocycles. The number of thiazole rings is 1. The zero-order valence-electron chi connectivity index (χ0n) is 12.1. The SMILES string of the molecule is CC(=O)Nc1nc2ccc(NC(=O)c3ccc(I)cc3)cc2s1. The molecule has 0 unspecified atom stereocenters. The second kappa shape index (κ2) is 6.63. The van der Waals surface area contributed by atoms with E-state index in [0.29, 0.717) is 16.4 Å². The molecule has 23 heavy (non-hydrogen) atoms. The highest BCUT2D eigenvalue weighted by atomic mass is 127. The third-order valence-electron chi connectivity index (χ3n) is 3.04. The normalized spacial score (nSPS) is 10.5. The average molecular weight is 437 g/mol. The van der Waals surface area contributed by atoms with E-state index >= 15 is 0 Å². The van der Waals surface area contributed by atoms with E-state index in [1.807, 2.05) is 24.3 Å². The zero-order chi connectivity index (χ0) is 16.4. The molecule has 0 saturated heterocycles. The van der Waals surface area contributed by atoms with Crippen LogP contribution in [-0.4, -0.2) is 16.8 Å². The van der Waals surface area contributed by atoms with Gasteiger partial charge in [-0.05, 0) is 65.1 Å². The molecule has 0 saturated carbocycles. The topological polar surface area (TPSA) is 71.1 Å². The molecule has 116 valence electrons. The first-order valence-corrected chi connectivity index (χ1v) is 8.66. The van der Waals surface area contributed by atoms with Gasteiger partial charge in [-0.3, -0.25) is 9.59 Å². The molecule has 2 N–H and O–H groups in total. The third-order valence-corrected chi connectivity index (χ3v) is 4.69. The summed E-state index contributed by atoms with van der Waals surface area (Å²) >= 11 is 3.57. The Labute approximate surface area is 150 Å². The molecule has 0 bridgehead atoms. The lowest BCUT2D eigenvalue weighted by molar-refractivity contribution is -0.114. The summed E-state index contributed by atoms with van der Waals surface area (Å²) in [5, 5.41) is 6.09. The molecule has 7 heteroatoms. The maximum Gasteiger partial charge on any atom is 0.255 e. The molecule has 1 aromatic heterocycles. The Morgan fingerprint density at radius 3 is 2.52 bits per heavy atom. The molecule has 2 amide bonds. The molecule has 5 nitrogen and oxygen atoms in total. The Balaban J connectivity index is 1.81. The van der Waals surface area contributed by atoms with Crippen molar-refractivity contribution in [2.24, 2.45) is 0 Å². The summed E-state index contributed by atoms with van der Waals surface area (Å²) in [7, 11) is 0. The second-order valence-corrected chi connectivity index (χ2v) is 7.12. The first-order chi connectivity index (χ1) is 11.0. The summed E-state index contributed by atoms with van der Waals surface area (Å²) in [6, 6.07) is 12.8. The van der Waals surface area contributed by atoms with Crippen LogP contribution in [0.4, 0.5) is 10.8 Å². The van der Waals surface area contributed by atoms with Crippen LogP contribution in [0.5, 0.6) is 0 Å². The number of amides is 2. The number of aromatic nitrogens is 1. The van der Waals surface area contributed by atoms with E-state index in [1.54, 1.807) is 18.2 Å². The van der Waals surface area contributed by atoms with E-state index in [2.05, 4.69) is 38.2 Å². The monoisotopic (exact) mass is 437 g/mol. The van der Waals surface area contributed by atoms with E-state index in [9.17, 15) is 9.59 Å². The number of nitrogens with zero attached hydrogens (tertiary/aromatic N) is 1. The molecular weight excluding hydrogens is 425 g/mol. The van der Waals surface area contributed by atoms with Gasteiger partial charge in [0.15, 0.2) is 5.13 Å². The summed E-state index contributed by atoms with van der Waals surface area (Å²) in [6.07, 6.45) is 0. The van der Waals surface area contributed by atoms with Crippen molar-refractivity contribution in [3.8, 4) is 0 Å². The van der Waals surface area contributed by atoms with Crippen LogP contribution in [0.2, 0.25) is 0 Å². The number of nitrogens with one attached hydrogen (secondary N) is 2. The van der Waals surface area contributed by atoms with Gasteiger partial charge in [-0.1, -0.05) is 11.3 Å². The van der Waals surface area contributed by atoms with Crippen molar-refractivity contribution >= 4 is 66.8 Å². The molecule has 3 aromatic rings. The largest absolute Gasteiger partial charge is 0.322 e. The molecular formula is C16H12IN3O2S. The first kappa shape index (κ1) is 15.9. The van der Waals surface area contributed by atoms with Crippen LogP contribution in [0.15, 0.2) is 42.5 Å². The van der Waals surface area contributed by atoms with Crippen LogP contribution < -0.4 is 10.6 Å². The Bertz CT molecular complexity index is 890. The van der Waals surface area contributed by atoms with Crippen molar-refractivity contribution in [1.29, 1.82) is 0 Å². The number of benzene rings is 2. The summed E-state index contributed by atoms with van der Waals surface area (Å²) in [6.45, 7) is 1.44. The number of hydrogen-bond donors (Lipinski definition) is 2. The second-order valence-electron chi connectivity index (χ2n) is 4.84. The fraction of sp³-hybridized carbons (Fsp3) is 0.0625. The lowest BCUT2D eigenvalue weighted by Gasteiger charge is -2.05. The number of carbonyl (C=O) groups is 2. The fourth-order valence-electron chi connectivity index (χ4n) is 2.01. The van der Waals surface area contributed by atoms with Gasteiger partial charge >= 0.3 is 0 Å². The van der Waals surface area contributed by atoms with Crippen LogP contribution in [-0.2, 0) is 4.79 Å². The zero-order valence-corrected chi connectivity index (χ0v) is 15.1. The Hall–Kier alpha value is -2.00. The number of halogens is 1. The molecule has 1 heterocycles. The summed E-state index contributed by atoms with van der Waals surface area (Å²) in [5.41, 5.74) is 2.08. The van der Waals surface area contributed by atoms with Crippen LogP contribution in [0.3, 0.4) is 0 Å². The maximum atomic E-state index is 12.2. The van der Waals surface area contributed by atoms with Gasteiger partial charge in [0, 0.05) is 21.7 Å². The van der Waals surface area contributed by atoms with Crippen molar-refractivity contribution < 1.29 is 9.59 Å². The average Bonchev–Trinajstić information content (AvgIpc) is 2.88. The van der Waals surface area contributed by atoms with Crippen molar-refractivity contribution in [3.05, 3.63) is 51.6 Å².